The number of aliphatic hydroxyl groups is 1. The number of aryl methyl sites for hydroxylation is 1. The molecule has 1 aliphatic heterocycles. The van der Waals surface area contributed by atoms with E-state index in [9.17, 15) is 4.79 Å². The zero-order valence-corrected chi connectivity index (χ0v) is 14.5. The molecule has 5 nitrogen and oxygen atoms in total. The van der Waals surface area contributed by atoms with Crippen molar-refractivity contribution in [3.8, 4) is 16.9 Å². The molecule has 132 valence electrons. The van der Waals surface area contributed by atoms with Gasteiger partial charge in [0.25, 0.3) is 0 Å². The molecule has 0 saturated heterocycles. The summed E-state index contributed by atoms with van der Waals surface area (Å²) >= 11 is 0. The Morgan fingerprint density at radius 3 is 2.72 bits per heavy atom. The maximum Gasteiger partial charge on any atom is 0.317 e. The fourth-order valence-electron chi connectivity index (χ4n) is 2.92. The summed E-state index contributed by atoms with van der Waals surface area (Å²) in [6, 6.07) is 14.4. The standard InChI is InChI=1S/C20H24N2O3/c1-22(10-11-23)20(24)21-14-15-4-6-16(7-5-15)17-8-9-19-18(13-17)3-2-12-25-19/h4-9,13,23H,2-3,10-12,14H2,1H3,(H,21,24). The molecule has 0 bridgehead atoms. The Kier molecular flexibility index (Phi) is 5.56. The van der Waals surface area contributed by atoms with Crippen LogP contribution in [0.4, 0.5) is 4.79 Å². The van der Waals surface area contributed by atoms with Crippen molar-refractivity contribution in [1.82, 2.24) is 10.2 Å². The van der Waals surface area contributed by atoms with Gasteiger partial charge in [-0.1, -0.05) is 30.3 Å². The third-order valence-corrected chi connectivity index (χ3v) is 4.42. The monoisotopic (exact) mass is 340 g/mol. The highest BCUT2D eigenvalue weighted by molar-refractivity contribution is 5.74. The molecule has 0 fully saturated rings. The number of carbonyl (C=O) groups is 1. The van der Waals surface area contributed by atoms with Crippen LogP contribution in [0.1, 0.15) is 17.5 Å². The van der Waals surface area contributed by atoms with Crippen molar-refractivity contribution in [2.75, 3.05) is 26.8 Å². The molecule has 2 amide bonds. The van der Waals surface area contributed by atoms with Gasteiger partial charge in [-0.25, -0.2) is 4.79 Å². The third kappa shape index (κ3) is 4.31. The van der Waals surface area contributed by atoms with Crippen molar-refractivity contribution in [3.05, 3.63) is 53.6 Å². The van der Waals surface area contributed by atoms with Crippen molar-refractivity contribution in [1.29, 1.82) is 0 Å². The molecule has 0 radical (unpaired) electrons. The van der Waals surface area contributed by atoms with Gasteiger partial charge in [-0.3, -0.25) is 0 Å². The highest BCUT2D eigenvalue weighted by atomic mass is 16.5. The number of aliphatic hydroxyl groups excluding tert-OH is 1. The Morgan fingerprint density at radius 2 is 1.96 bits per heavy atom. The molecule has 25 heavy (non-hydrogen) atoms. The Hall–Kier alpha value is -2.53. The molecule has 2 aromatic carbocycles. The highest BCUT2D eigenvalue weighted by Gasteiger charge is 2.11. The second-order valence-electron chi connectivity index (χ2n) is 6.28. The van der Waals surface area contributed by atoms with Crippen LogP contribution in [0.3, 0.4) is 0 Å². The lowest BCUT2D eigenvalue weighted by molar-refractivity contribution is 0.190. The van der Waals surface area contributed by atoms with Crippen molar-refractivity contribution in [3.63, 3.8) is 0 Å². The average Bonchev–Trinajstić information content (AvgIpc) is 2.66. The predicted octanol–water partition coefficient (Wildman–Crippen LogP) is 2.81. The molecule has 0 spiro atoms. The molecule has 0 aliphatic carbocycles. The van der Waals surface area contributed by atoms with Gasteiger partial charge in [0, 0.05) is 20.1 Å². The van der Waals surface area contributed by atoms with Crippen LogP contribution in [0, 0.1) is 0 Å². The van der Waals surface area contributed by atoms with Crippen molar-refractivity contribution in [2.24, 2.45) is 0 Å². The highest BCUT2D eigenvalue weighted by Crippen LogP contribution is 2.30. The molecule has 0 saturated carbocycles. The number of nitrogens with one attached hydrogen (secondary N) is 1. The minimum Gasteiger partial charge on any atom is -0.493 e. The number of carbonyl (C=O) groups excluding carboxylic acids is 1. The SMILES string of the molecule is CN(CCO)C(=O)NCc1ccc(-c2ccc3c(c2)CCCO3)cc1. The second kappa shape index (κ2) is 8.03. The van der Waals surface area contributed by atoms with E-state index in [4.69, 9.17) is 9.84 Å². The molecule has 5 heteroatoms. The summed E-state index contributed by atoms with van der Waals surface area (Å²) in [6.45, 7) is 1.56. The van der Waals surface area contributed by atoms with Gasteiger partial charge in [0.05, 0.1) is 13.2 Å². The van der Waals surface area contributed by atoms with E-state index >= 15 is 0 Å². The summed E-state index contributed by atoms with van der Waals surface area (Å²) in [5, 5.41) is 11.7. The molecule has 3 rings (SSSR count). The summed E-state index contributed by atoms with van der Waals surface area (Å²) in [5.41, 5.74) is 4.64. The number of hydrogen-bond acceptors (Lipinski definition) is 3. The van der Waals surface area contributed by atoms with E-state index in [1.807, 2.05) is 12.1 Å². The van der Waals surface area contributed by atoms with Crippen LogP contribution in [0.5, 0.6) is 5.75 Å². The van der Waals surface area contributed by atoms with Gasteiger partial charge in [0.2, 0.25) is 0 Å². The maximum absolute atomic E-state index is 11.8. The van der Waals surface area contributed by atoms with E-state index in [1.165, 1.54) is 16.0 Å². The van der Waals surface area contributed by atoms with Crippen LogP contribution in [-0.2, 0) is 13.0 Å². The zero-order valence-electron chi connectivity index (χ0n) is 14.5. The van der Waals surface area contributed by atoms with Gasteiger partial charge in [0.1, 0.15) is 5.75 Å². The minimum atomic E-state index is -0.187. The molecular formula is C20H24N2O3. The third-order valence-electron chi connectivity index (χ3n) is 4.42. The number of likely N-dealkylation sites (N-methyl/N-ethyl adjacent to an activating group) is 1. The number of fused-ring (bicyclic) bond motifs is 1. The summed E-state index contributed by atoms with van der Waals surface area (Å²) in [4.78, 5) is 13.3. The molecule has 2 N–H and O–H groups in total. The van der Waals surface area contributed by atoms with Crippen molar-refractivity contribution < 1.29 is 14.6 Å². The summed E-state index contributed by atoms with van der Waals surface area (Å²) in [7, 11) is 1.66. The fraction of sp³-hybridized carbons (Fsp3) is 0.350. The Balaban J connectivity index is 1.63. The molecule has 0 atom stereocenters. The Bertz CT molecular complexity index is 728. The number of hydrogen-bond donors (Lipinski definition) is 2. The van der Waals surface area contributed by atoms with Crippen LogP contribution < -0.4 is 10.1 Å². The van der Waals surface area contributed by atoms with E-state index in [2.05, 4.69) is 35.6 Å². The number of nitrogens with zero attached hydrogens (tertiary/aromatic N) is 1. The first-order valence-electron chi connectivity index (χ1n) is 8.62. The largest absolute Gasteiger partial charge is 0.493 e. The van der Waals surface area contributed by atoms with Crippen LogP contribution in [0.15, 0.2) is 42.5 Å². The summed E-state index contributed by atoms with van der Waals surface area (Å²) in [5.74, 6) is 1.00. The number of urea groups is 1. The van der Waals surface area contributed by atoms with E-state index < -0.39 is 0 Å². The number of benzene rings is 2. The molecule has 2 aromatic rings. The maximum atomic E-state index is 11.8. The molecular weight excluding hydrogens is 316 g/mol. The first-order valence-corrected chi connectivity index (χ1v) is 8.62. The predicted molar refractivity (Wildman–Crippen MR) is 97.6 cm³/mol. The van der Waals surface area contributed by atoms with Crippen LogP contribution in [-0.4, -0.2) is 42.8 Å². The van der Waals surface area contributed by atoms with Gasteiger partial charge in [-0.15, -0.1) is 0 Å². The van der Waals surface area contributed by atoms with E-state index in [0.717, 1.165) is 36.3 Å². The smallest absolute Gasteiger partial charge is 0.317 e. The lowest BCUT2D eigenvalue weighted by Gasteiger charge is -2.18. The number of ether oxygens (including phenoxy) is 1. The fourth-order valence-corrected chi connectivity index (χ4v) is 2.92. The quantitative estimate of drug-likeness (QED) is 0.880. The van der Waals surface area contributed by atoms with Gasteiger partial charge < -0.3 is 20.1 Å². The first-order chi connectivity index (χ1) is 12.2. The van der Waals surface area contributed by atoms with Crippen molar-refractivity contribution >= 4 is 6.03 Å². The summed E-state index contributed by atoms with van der Waals surface area (Å²) in [6.07, 6.45) is 2.13. The Morgan fingerprint density at radius 1 is 1.20 bits per heavy atom. The topological polar surface area (TPSA) is 61.8 Å². The van der Waals surface area contributed by atoms with E-state index in [1.54, 1.807) is 7.05 Å². The lowest BCUT2D eigenvalue weighted by atomic mass is 9.98. The summed E-state index contributed by atoms with van der Waals surface area (Å²) < 4.78 is 5.66. The van der Waals surface area contributed by atoms with Crippen LogP contribution >= 0.6 is 0 Å². The number of rotatable bonds is 5. The molecule has 1 aliphatic rings. The minimum absolute atomic E-state index is 0.0373. The lowest BCUT2D eigenvalue weighted by Crippen LogP contribution is -2.38. The van der Waals surface area contributed by atoms with Crippen LogP contribution in [0.25, 0.3) is 11.1 Å². The normalized spacial score (nSPS) is 12.9. The molecule has 1 heterocycles. The van der Waals surface area contributed by atoms with Gasteiger partial charge in [-0.05, 0) is 47.2 Å². The van der Waals surface area contributed by atoms with E-state index in [-0.39, 0.29) is 12.6 Å². The van der Waals surface area contributed by atoms with Crippen LogP contribution in [0.2, 0.25) is 0 Å². The Labute approximate surface area is 148 Å². The van der Waals surface area contributed by atoms with Gasteiger partial charge in [-0.2, -0.15) is 0 Å². The number of amides is 2. The molecule has 0 aromatic heterocycles. The first kappa shape index (κ1) is 17.3. The van der Waals surface area contributed by atoms with Gasteiger partial charge >= 0.3 is 6.03 Å². The van der Waals surface area contributed by atoms with Crippen molar-refractivity contribution in [2.45, 2.75) is 19.4 Å². The second-order valence-corrected chi connectivity index (χ2v) is 6.28. The van der Waals surface area contributed by atoms with Gasteiger partial charge in [0.15, 0.2) is 0 Å². The van der Waals surface area contributed by atoms with E-state index in [0.29, 0.717) is 13.1 Å². The molecule has 0 unspecified atom stereocenters. The average molecular weight is 340 g/mol. The zero-order chi connectivity index (χ0) is 17.6.